The van der Waals surface area contributed by atoms with Crippen LogP contribution in [0.3, 0.4) is 0 Å². The number of hydrogen-bond donors (Lipinski definition) is 4. The van der Waals surface area contributed by atoms with Crippen LogP contribution in [0, 0.1) is 0 Å². The van der Waals surface area contributed by atoms with E-state index in [-0.39, 0.29) is 30.3 Å². The Kier molecular flexibility index (Phi) is 4.50. The maximum atomic E-state index is 11.7. The lowest BCUT2D eigenvalue weighted by molar-refractivity contribution is -0.125. The smallest absolute Gasteiger partial charge is 0.328 e. The second kappa shape index (κ2) is 5.87. The van der Waals surface area contributed by atoms with Gasteiger partial charge in [0.25, 0.3) is 0 Å². The summed E-state index contributed by atoms with van der Waals surface area (Å²) >= 11 is 0. The standard InChI is InChI=1S/C11H15N3O4/c1-7(15)14(3-2-12)11(18)13-8-4-9(16)6-10(17)5-8/h4-6,16-17H,2-3,12H2,1H3,(H,13,18). The largest absolute Gasteiger partial charge is 0.508 e. The van der Waals surface area contributed by atoms with Crippen LogP contribution in [0.4, 0.5) is 10.5 Å². The third-order valence-corrected chi connectivity index (χ3v) is 2.13. The summed E-state index contributed by atoms with van der Waals surface area (Å²) in [5.74, 6) is -0.834. The number of benzene rings is 1. The number of imide groups is 1. The van der Waals surface area contributed by atoms with Crippen molar-refractivity contribution in [2.24, 2.45) is 5.73 Å². The topological polar surface area (TPSA) is 116 Å². The molecule has 0 spiro atoms. The van der Waals surface area contributed by atoms with Crippen LogP contribution in [0.1, 0.15) is 6.92 Å². The average molecular weight is 253 g/mol. The molecular weight excluding hydrogens is 238 g/mol. The van der Waals surface area contributed by atoms with Crippen LogP contribution in [-0.4, -0.2) is 40.1 Å². The maximum absolute atomic E-state index is 11.7. The van der Waals surface area contributed by atoms with Crippen molar-refractivity contribution >= 4 is 17.6 Å². The van der Waals surface area contributed by atoms with Crippen LogP contribution in [0.15, 0.2) is 18.2 Å². The summed E-state index contributed by atoms with van der Waals surface area (Å²) in [5, 5.41) is 20.9. The molecule has 0 heterocycles. The number of nitrogens with zero attached hydrogens (tertiary/aromatic N) is 1. The number of urea groups is 1. The first kappa shape index (κ1) is 13.8. The molecule has 0 bridgehead atoms. The Morgan fingerprint density at radius 2 is 1.83 bits per heavy atom. The van der Waals surface area contributed by atoms with Crippen molar-refractivity contribution in [2.75, 3.05) is 18.4 Å². The zero-order valence-electron chi connectivity index (χ0n) is 9.88. The fraction of sp³-hybridized carbons (Fsp3) is 0.273. The molecule has 0 saturated carbocycles. The fourth-order valence-electron chi connectivity index (χ4n) is 1.39. The van der Waals surface area contributed by atoms with Crippen LogP contribution >= 0.6 is 0 Å². The molecule has 5 N–H and O–H groups in total. The van der Waals surface area contributed by atoms with Gasteiger partial charge in [-0.15, -0.1) is 0 Å². The Bertz CT molecular complexity index is 441. The van der Waals surface area contributed by atoms with Gasteiger partial charge in [-0.3, -0.25) is 9.69 Å². The number of rotatable bonds is 3. The molecule has 0 fully saturated rings. The quantitative estimate of drug-likeness (QED) is 0.623. The van der Waals surface area contributed by atoms with E-state index in [9.17, 15) is 19.8 Å². The summed E-state index contributed by atoms with van der Waals surface area (Å²) in [6.07, 6.45) is 0. The summed E-state index contributed by atoms with van der Waals surface area (Å²) in [7, 11) is 0. The SMILES string of the molecule is CC(=O)N(CCN)C(=O)Nc1cc(O)cc(O)c1. The van der Waals surface area contributed by atoms with Gasteiger partial charge in [0.1, 0.15) is 11.5 Å². The molecule has 1 aromatic rings. The molecule has 0 saturated heterocycles. The molecule has 0 atom stereocenters. The molecular formula is C11H15N3O4. The number of carbonyl (C=O) groups excluding carboxylic acids is 2. The van der Waals surface area contributed by atoms with E-state index in [2.05, 4.69) is 5.32 Å². The number of nitrogens with two attached hydrogens (primary N) is 1. The first-order valence-corrected chi connectivity index (χ1v) is 5.26. The van der Waals surface area contributed by atoms with Gasteiger partial charge in [0.15, 0.2) is 0 Å². The summed E-state index contributed by atoms with van der Waals surface area (Å²) in [6, 6.07) is 2.95. The molecule has 0 unspecified atom stereocenters. The molecule has 0 aromatic heterocycles. The summed E-state index contributed by atoms with van der Waals surface area (Å²) in [4.78, 5) is 23.9. The summed E-state index contributed by atoms with van der Waals surface area (Å²) in [5.41, 5.74) is 5.47. The van der Waals surface area contributed by atoms with E-state index in [4.69, 9.17) is 5.73 Å². The number of nitrogens with one attached hydrogen (secondary N) is 1. The minimum absolute atomic E-state index is 0.0893. The molecule has 98 valence electrons. The lowest BCUT2D eigenvalue weighted by atomic mass is 10.3. The first-order chi connectivity index (χ1) is 8.43. The van der Waals surface area contributed by atoms with Gasteiger partial charge in [0.2, 0.25) is 5.91 Å². The maximum Gasteiger partial charge on any atom is 0.328 e. The Labute approximate surface area is 104 Å². The predicted octanol–water partition coefficient (Wildman–Crippen LogP) is 0.437. The van der Waals surface area contributed by atoms with Crippen LogP contribution < -0.4 is 11.1 Å². The van der Waals surface area contributed by atoms with Crippen molar-refractivity contribution in [3.63, 3.8) is 0 Å². The van der Waals surface area contributed by atoms with E-state index in [1.54, 1.807) is 0 Å². The molecule has 0 aliphatic rings. The molecule has 0 aliphatic carbocycles. The number of aromatic hydroxyl groups is 2. The van der Waals surface area contributed by atoms with E-state index < -0.39 is 11.9 Å². The van der Waals surface area contributed by atoms with E-state index >= 15 is 0 Å². The normalized spacial score (nSPS) is 9.89. The zero-order valence-corrected chi connectivity index (χ0v) is 9.88. The first-order valence-electron chi connectivity index (χ1n) is 5.26. The number of anilines is 1. The van der Waals surface area contributed by atoms with Gasteiger partial charge in [-0.1, -0.05) is 0 Å². The summed E-state index contributed by atoms with van der Waals surface area (Å²) < 4.78 is 0. The number of phenols is 2. The van der Waals surface area contributed by atoms with E-state index in [0.717, 1.165) is 11.0 Å². The van der Waals surface area contributed by atoms with Crippen molar-refractivity contribution in [1.82, 2.24) is 4.90 Å². The molecule has 0 aliphatic heterocycles. The number of phenolic OH excluding ortho intramolecular Hbond substituents is 2. The third kappa shape index (κ3) is 3.63. The van der Waals surface area contributed by atoms with Crippen LogP contribution in [0.2, 0.25) is 0 Å². The van der Waals surface area contributed by atoms with Crippen molar-refractivity contribution in [2.45, 2.75) is 6.92 Å². The lowest BCUT2D eigenvalue weighted by Crippen LogP contribution is -2.41. The number of hydrogen-bond acceptors (Lipinski definition) is 5. The van der Waals surface area contributed by atoms with Gasteiger partial charge in [0, 0.05) is 43.9 Å². The van der Waals surface area contributed by atoms with Gasteiger partial charge in [-0.2, -0.15) is 0 Å². The molecule has 3 amide bonds. The van der Waals surface area contributed by atoms with Crippen molar-refractivity contribution in [3.8, 4) is 11.5 Å². The van der Waals surface area contributed by atoms with Gasteiger partial charge in [-0.25, -0.2) is 4.79 Å². The van der Waals surface area contributed by atoms with Gasteiger partial charge in [-0.05, 0) is 0 Å². The highest BCUT2D eigenvalue weighted by molar-refractivity contribution is 6.00. The van der Waals surface area contributed by atoms with Crippen LogP contribution in [0.5, 0.6) is 11.5 Å². The van der Waals surface area contributed by atoms with Gasteiger partial charge >= 0.3 is 6.03 Å². The highest BCUT2D eigenvalue weighted by Gasteiger charge is 2.17. The highest BCUT2D eigenvalue weighted by Crippen LogP contribution is 2.24. The lowest BCUT2D eigenvalue weighted by Gasteiger charge is -2.18. The average Bonchev–Trinajstić information content (AvgIpc) is 2.23. The monoisotopic (exact) mass is 253 g/mol. The van der Waals surface area contributed by atoms with Gasteiger partial charge < -0.3 is 21.3 Å². The Balaban J connectivity index is 2.82. The number of amides is 3. The molecule has 0 radical (unpaired) electrons. The molecule has 7 nitrogen and oxygen atoms in total. The fourth-order valence-corrected chi connectivity index (χ4v) is 1.39. The van der Waals surface area contributed by atoms with E-state index in [1.165, 1.54) is 19.1 Å². The molecule has 1 aromatic carbocycles. The van der Waals surface area contributed by atoms with Crippen LogP contribution in [-0.2, 0) is 4.79 Å². The Hall–Kier alpha value is -2.28. The second-order valence-corrected chi connectivity index (χ2v) is 3.63. The van der Waals surface area contributed by atoms with Gasteiger partial charge in [0.05, 0.1) is 0 Å². The number of carbonyl (C=O) groups is 2. The van der Waals surface area contributed by atoms with E-state index in [0.29, 0.717) is 0 Å². The Morgan fingerprint density at radius 3 is 2.28 bits per heavy atom. The third-order valence-electron chi connectivity index (χ3n) is 2.13. The highest BCUT2D eigenvalue weighted by atomic mass is 16.3. The van der Waals surface area contributed by atoms with Crippen molar-refractivity contribution in [1.29, 1.82) is 0 Å². The zero-order chi connectivity index (χ0) is 13.7. The minimum Gasteiger partial charge on any atom is -0.508 e. The molecule has 1 rings (SSSR count). The summed E-state index contributed by atoms with van der Waals surface area (Å²) in [6.45, 7) is 1.49. The second-order valence-electron chi connectivity index (χ2n) is 3.63. The van der Waals surface area contributed by atoms with E-state index in [1.807, 2.05) is 0 Å². The van der Waals surface area contributed by atoms with Crippen LogP contribution in [0.25, 0.3) is 0 Å². The predicted molar refractivity (Wildman–Crippen MR) is 65.2 cm³/mol. The van der Waals surface area contributed by atoms with Crippen molar-refractivity contribution < 1.29 is 19.8 Å². The molecule has 18 heavy (non-hydrogen) atoms. The van der Waals surface area contributed by atoms with Crippen molar-refractivity contribution in [3.05, 3.63) is 18.2 Å². The Morgan fingerprint density at radius 1 is 1.28 bits per heavy atom. The molecule has 7 heteroatoms. The minimum atomic E-state index is -0.669.